The molecule has 104 valence electrons. The van der Waals surface area contributed by atoms with Crippen LogP contribution in [-0.4, -0.2) is 22.4 Å². The maximum absolute atomic E-state index is 13.6. The van der Waals surface area contributed by atoms with Crippen LogP contribution >= 0.6 is 0 Å². The number of nitro groups is 1. The Bertz CT molecular complexity index is 465. The average molecular weight is 266 g/mol. The molecule has 19 heavy (non-hydrogen) atoms. The van der Waals surface area contributed by atoms with Crippen LogP contribution in [0.2, 0.25) is 0 Å². The van der Waals surface area contributed by atoms with Gasteiger partial charge in [-0.3, -0.25) is 15.0 Å². The molecule has 0 amide bonds. The molecule has 0 spiro atoms. The molecule has 1 aromatic rings. The Morgan fingerprint density at radius 3 is 2.89 bits per heavy atom. The molecule has 1 aliphatic heterocycles. The fourth-order valence-corrected chi connectivity index (χ4v) is 2.60. The van der Waals surface area contributed by atoms with Crippen LogP contribution in [0.5, 0.6) is 0 Å². The lowest BCUT2D eigenvalue weighted by Gasteiger charge is -2.26. The first kappa shape index (κ1) is 13.9. The Balaban J connectivity index is 2.10. The molecule has 0 N–H and O–H groups in total. The van der Waals surface area contributed by atoms with E-state index in [4.69, 9.17) is 0 Å². The maximum atomic E-state index is 13.6. The molecule has 2 rings (SSSR count). The molecule has 4 nitrogen and oxygen atoms in total. The summed E-state index contributed by atoms with van der Waals surface area (Å²) in [4.78, 5) is 12.2. The van der Waals surface area contributed by atoms with Gasteiger partial charge < -0.3 is 0 Å². The monoisotopic (exact) mass is 266 g/mol. The number of rotatable bonds is 3. The lowest BCUT2D eigenvalue weighted by Crippen LogP contribution is -2.31. The van der Waals surface area contributed by atoms with Crippen molar-refractivity contribution in [2.75, 3.05) is 6.54 Å². The first-order valence-corrected chi connectivity index (χ1v) is 6.75. The summed E-state index contributed by atoms with van der Waals surface area (Å²) < 4.78 is 13.6. The van der Waals surface area contributed by atoms with Crippen LogP contribution in [0.25, 0.3) is 0 Å². The van der Waals surface area contributed by atoms with Crippen molar-refractivity contribution in [2.24, 2.45) is 0 Å². The highest BCUT2D eigenvalue weighted by Crippen LogP contribution is 2.22. The molecule has 1 aliphatic rings. The first-order valence-electron chi connectivity index (χ1n) is 6.75. The van der Waals surface area contributed by atoms with E-state index >= 15 is 0 Å². The standard InChI is InChI=1S/C14H19FN2O2/c1-11-5-3-2-4-8-16(11)10-12-6-7-14(17(18)19)13(15)9-12/h6-7,9,11H,2-5,8,10H2,1H3. The second-order valence-corrected chi connectivity index (χ2v) is 5.21. The van der Waals surface area contributed by atoms with Crippen molar-refractivity contribution in [1.29, 1.82) is 0 Å². The fourth-order valence-electron chi connectivity index (χ4n) is 2.60. The van der Waals surface area contributed by atoms with Gasteiger partial charge in [-0.2, -0.15) is 4.39 Å². The van der Waals surface area contributed by atoms with Gasteiger partial charge in [0.15, 0.2) is 0 Å². The average Bonchev–Trinajstić information content (AvgIpc) is 2.55. The normalized spacial score (nSPS) is 21.1. The van der Waals surface area contributed by atoms with Gasteiger partial charge in [0.1, 0.15) is 0 Å². The van der Waals surface area contributed by atoms with Gasteiger partial charge in [-0.05, 0) is 37.9 Å². The second kappa shape index (κ2) is 6.10. The Morgan fingerprint density at radius 2 is 2.21 bits per heavy atom. The number of likely N-dealkylation sites (tertiary alicyclic amines) is 1. The predicted molar refractivity (Wildman–Crippen MR) is 71.4 cm³/mol. The van der Waals surface area contributed by atoms with Crippen LogP contribution in [0.4, 0.5) is 10.1 Å². The van der Waals surface area contributed by atoms with Gasteiger partial charge in [0.25, 0.3) is 0 Å². The van der Waals surface area contributed by atoms with Crippen LogP contribution in [-0.2, 0) is 6.54 Å². The Hall–Kier alpha value is -1.49. The minimum Gasteiger partial charge on any atom is -0.296 e. The summed E-state index contributed by atoms with van der Waals surface area (Å²) >= 11 is 0. The molecule has 1 saturated heterocycles. The zero-order chi connectivity index (χ0) is 13.8. The number of nitro benzene ring substituents is 1. The highest BCUT2D eigenvalue weighted by atomic mass is 19.1. The van der Waals surface area contributed by atoms with E-state index in [1.807, 2.05) is 0 Å². The van der Waals surface area contributed by atoms with Crippen molar-refractivity contribution in [1.82, 2.24) is 4.90 Å². The summed E-state index contributed by atoms with van der Waals surface area (Å²) in [6, 6.07) is 4.68. The van der Waals surface area contributed by atoms with Crippen LogP contribution in [0, 0.1) is 15.9 Å². The zero-order valence-electron chi connectivity index (χ0n) is 11.1. The molecule has 1 atom stereocenters. The Morgan fingerprint density at radius 1 is 1.42 bits per heavy atom. The van der Waals surface area contributed by atoms with E-state index in [1.54, 1.807) is 6.07 Å². The number of nitrogens with zero attached hydrogens (tertiary/aromatic N) is 2. The Labute approximate surface area is 112 Å². The summed E-state index contributed by atoms with van der Waals surface area (Å²) in [5, 5.41) is 10.6. The highest BCUT2D eigenvalue weighted by Gasteiger charge is 2.19. The number of halogens is 1. The lowest BCUT2D eigenvalue weighted by molar-refractivity contribution is -0.387. The minimum atomic E-state index is -0.745. The van der Waals surface area contributed by atoms with Crippen molar-refractivity contribution < 1.29 is 9.31 Å². The molecule has 5 heteroatoms. The zero-order valence-corrected chi connectivity index (χ0v) is 11.1. The van der Waals surface area contributed by atoms with Crippen molar-refractivity contribution in [2.45, 2.75) is 45.2 Å². The topological polar surface area (TPSA) is 46.4 Å². The van der Waals surface area contributed by atoms with Gasteiger partial charge in [0.2, 0.25) is 5.82 Å². The van der Waals surface area contributed by atoms with E-state index < -0.39 is 16.4 Å². The van der Waals surface area contributed by atoms with E-state index in [0.29, 0.717) is 12.6 Å². The molecule has 0 saturated carbocycles. The molecular formula is C14H19FN2O2. The van der Waals surface area contributed by atoms with Gasteiger partial charge in [-0.1, -0.05) is 18.9 Å². The Kier molecular flexibility index (Phi) is 4.47. The summed E-state index contributed by atoms with van der Waals surface area (Å²) in [5.74, 6) is -0.745. The molecule has 1 aromatic carbocycles. The highest BCUT2D eigenvalue weighted by molar-refractivity contribution is 5.35. The number of hydrogen-bond acceptors (Lipinski definition) is 3. The molecule has 0 aromatic heterocycles. The fraction of sp³-hybridized carbons (Fsp3) is 0.571. The number of benzene rings is 1. The van der Waals surface area contributed by atoms with E-state index in [9.17, 15) is 14.5 Å². The van der Waals surface area contributed by atoms with Crippen molar-refractivity contribution in [3.05, 3.63) is 39.7 Å². The van der Waals surface area contributed by atoms with Gasteiger partial charge >= 0.3 is 5.69 Å². The SMILES string of the molecule is CC1CCCCCN1Cc1ccc([N+](=O)[O-])c(F)c1. The second-order valence-electron chi connectivity index (χ2n) is 5.21. The summed E-state index contributed by atoms with van der Waals surface area (Å²) in [7, 11) is 0. The van der Waals surface area contributed by atoms with Gasteiger partial charge in [-0.15, -0.1) is 0 Å². The maximum Gasteiger partial charge on any atom is 0.304 e. The third-order valence-corrected chi connectivity index (χ3v) is 3.79. The van der Waals surface area contributed by atoms with Crippen LogP contribution in [0.1, 0.15) is 38.2 Å². The van der Waals surface area contributed by atoms with Crippen LogP contribution in [0.3, 0.4) is 0 Å². The molecule has 1 heterocycles. The number of hydrogen-bond donors (Lipinski definition) is 0. The smallest absolute Gasteiger partial charge is 0.296 e. The van der Waals surface area contributed by atoms with E-state index in [-0.39, 0.29) is 0 Å². The van der Waals surface area contributed by atoms with Gasteiger partial charge in [0.05, 0.1) is 4.92 Å². The van der Waals surface area contributed by atoms with E-state index in [2.05, 4.69) is 11.8 Å². The molecule has 0 aliphatic carbocycles. The van der Waals surface area contributed by atoms with Crippen LogP contribution < -0.4 is 0 Å². The summed E-state index contributed by atoms with van der Waals surface area (Å²) in [6.07, 6.45) is 4.82. The molecule has 0 radical (unpaired) electrons. The quantitative estimate of drug-likeness (QED) is 0.621. The third kappa shape index (κ3) is 3.50. The molecular weight excluding hydrogens is 247 g/mol. The van der Waals surface area contributed by atoms with E-state index in [0.717, 1.165) is 18.5 Å². The molecule has 0 bridgehead atoms. The largest absolute Gasteiger partial charge is 0.304 e. The predicted octanol–water partition coefficient (Wildman–Crippen LogP) is 3.50. The third-order valence-electron chi connectivity index (χ3n) is 3.79. The molecule has 1 unspecified atom stereocenters. The summed E-state index contributed by atoms with van der Waals surface area (Å²) in [6.45, 7) is 3.86. The first-order chi connectivity index (χ1) is 9.08. The van der Waals surface area contributed by atoms with Crippen molar-refractivity contribution in [3.63, 3.8) is 0 Å². The summed E-state index contributed by atoms with van der Waals surface area (Å²) in [5.41, 5.74) is 0.351. The van der Waals surface area contributed by atoms with Gasteiger partial charge in [0, 0.05) is 18.7 Å². The van der Waals surface area contributed by atoms with Crippen molar-refractivity contribution >= 4 is 5.69 Å². The minimum absolute atomic E-state index is 0.451. The van der Waals surface area contributed by atoms with Gasteiger partial charge in [-0.25, -0.2) is 0 Å². The van der Waals surface area contributed by atoms with E-state index in [1.165, 1.54) is 31.4 Å². The van der Waals surface area contributed by atoms with Crippen molar-refractivity contribution in [3.8, 4) is 0 Å². The molecule has 1 fully saturated rings. The lowest BCUT2D eigenvalue weighted by atomic mass is 10.1. The van der Waals surface area contributed by atoms with Crippen LogP contribution in [0.15, 0.2) is 18.2 Å².